The molecular weight excluding hydrogens is 228 g/mol. The smallest absolute Gasteiger partial charge is 0.168 e. The summed E-state index contributed by atoms with van der Waals surface area (Å²) in [5.41, 5.74) is 0.851. The predicted molar refractivity (Wildman–Crippen MR) is 63.0 cm³/mol. The van der Waals surface area contributed by atoms with Gasteiger partial charge in [-0.3, -0.25) is 0 Å². The Morgan fingerprint density at radius 3 is 3.07 bits per heavy atom. The summed E-state index contributed by atoms with van der Waals surface area (Å²) in [5.74, 6) is 0.938. The number of imidazole rings is 1. The van der Waals surface area contributed by atoms with Crippen LogP contribution in [0.2, 0.25) is 0 Å². The maximum atomic E-state index is 9.02. The van der Waals surface area contributed by atoms with E-state index in [1.807, 2.05) is 11.6 Å². The highest BCUT2D eigenvalue weighted by atomic mass is 32.2. The summed E-state index contributed by atoms with van der Waals surface area (Å²) in [6.45, 7) is 0.0447. The van der Waals surface area contributed by atoms with Crippen LogP contribution >= 0.6 is 23.1 Å². The molecule has 2 aromatic rings. The number of rotatable bonds is 4. The molecule has 0 aromatic carbocycles. The molecule has 0 atom stereocenters. The van der Waals surface area contributed by atoms with Gasteiger partial charge in [-0.25, -0.2) is 4.98 Å². The SMILES string of the molecule is Cn1c(CO)cnc1SCc1cccs1. The van der Waals surface area contributed by atoms with E-state index in [1.54, 1.807) is 29.3 Å². The van der Waals surface area contributed by atoms with E-state index in [0.29, 0.717) is 0 Å². The molecule has 2 heterocycles. The van der Waals surface area contributed by atoms with E-state index >= 15 is 0 Å². The van der Waals surface area contributed by atoms with Crippen molar-refractivity contribution in [3.63, 3.8) is 0 Å². The van der Waals surface area contributed by atoms with Gasteiger partial charge in [-0.1, -0.05) is 17.8 Å². The zero-order valence-corrected chi connectivity index (χ0v) is 10.0. The number of hydrogen-bond donors (Lipinski definition) is 1. The summed E-state index contributed by atoms with van der Waals surface area (Å²) in [7, 11) is 1.93. The standard InChI is InChI=1S/C10H12N2OS2/c1-12-8(6-13)5-11-10(12)15-7-9-3-2-4-14-9/h2-5,13H,6-7H2,1H3. The van der Waals surface area contributed by atoms with Gasteiger partial charge >= 0.3 is 0 Å². The zero-order valence-electron chi connectivity index (χ0n) is 8.38. The molecule has 0 fully saturated rings. The predicted octanol–water partition coefficient (Wildman–Crippen LogP) is 2.27. The maximum absolute atomic E-state index is 9.02. The molecule has 0 aliphatic rings. The van der Waals surface area contributed by atoms with Gasteiger partial charge in [-0.15, -0.1) is 11.3 Å². The quantitative estimate of drug-likeness (QED) is 0.833. The maximum Gasteiger partial charge on any atom is 0.168 e. The van der Waals surface area contributed by atoms with E-state index < -0.39 is 0 Å². The van der Waals surface area contributed by atoms with Crippen LogP contribution in [-0.2, 0) is 19.4 Å². The van der Waals surface area contributed by atoms with Crippen LogP contribution in [0.1, 0.15) is 10.6 Å². The molecule has 0 spiro atoms. The van der Waals surface area contributed by atoms with Crippen LogP contribution in [0.3, 0.4) is 0 Å². The first-order chi connectivity index (χ1) is 7.31. The van der Waals surface area contributed by atoms with Crippen LogP contribution in [0.15, 0.2) is 28.9 Å². The number of hydrogen-bond acceptors (Lipinski definition) is 4. The van der Waals surface area contributed by atoms with E-state index in [9.17, 15) is 0 Å². The average Bonchev–Trinajstić information content (AvgIpc) is 2.85. The Morgan fingerprint density at radius 1 is 1.60 bits per heavy atom. The molecule has 0 bridgehead atoms. The second-order valence-corrected chi connectivity index (χ2v) is 5.09. The monoisotopic (exact) mass is 240 g/mol. The second kappa shape index (κ2) is 4.83. The third kappa shape index (κ3) is 2.42. The fourth-order valence-corrected chi connectivity index (χ4v) is 2.98. The third-order valence-corrected chi connectivity index (χ3v) is 4.28. The topological polar surface area (TPSA) is 38.0 Å². The molecule has 15 heavy (non-hydrogen) atoms. The minimum Gasteiger partial charge on any atom is -0.390 e. The number of thioether (sulfide) groups is 1. The number of aromatic nitrogens is 2. The molecule has 0 saturated carbocycles. The van der Waals surface area contributed by atoms with Crippen molar-refractivity contribution in [2.75, 3.05) is 0 Å². The summed E-state index contributed by atoms with van der Waals surface area (Å²) >= 11 is 3.45. The largest absolute Gasteiger partial charge is 0.390 e. The number of aliphatic hydroxyl groups is 1. The molecule has 0 aliphatic heterocycles. The molecule has 0 amide bonds. The first kappa shape index (κ1) is 10.7. The Bertz CT molecular complexity index is 423. The van der Waals surface area contributed by atoms with Gasteiger partial charge in [-0.05, 0) is 11.4 Å². The Hall–Kier alpha value is -0.780. The van der Waals surface area contributed by atoms with Crippen molar-refractivity contribution in [2.45, 2.75) is 17.5 Å². The lowest BCUT2D eigenvalue weighted by Gasteiger charge is -2.02. The minimum absolute atomic E-state index is 0.0447. The van der Waals surface area contributed by atoms with Crippen molar-refractivity contribution >= 4 is 23.1 Å². The van der Waals surface area contributed by atoms with Crippen molar-refractivity contribution < 1.29 is 5.11 Å². The highest BCUT2D eigenvalue weighted by Gasteiger charge is 2.06. The van der Waals surface area contributed by atoms with Gasteiger partial charge in [0, 0.05) is 17.7 Å². The molecule has 0 unspecified atom stereocenters. The summed E-state index contributed by atoms with van der Waals surface area (Å²) < 4.78 is 1.93. The summed E-state index contributed by atoms with van der Waals surface area (Å²) in [6.07, 6.45) is 1.72. The van der Waals surface area contributed by atoms with Crippen LogP contribution in [0.25, 0.3) is 0 Å². The highest BCUT2D eigenvalue weighted by molar-refractivity contribution is 7.98. The van der Waals surface area contributed by atoms with E-state index in [-0.39, 0.29) is 6.61 Å². The Labute approximate surface area is 96.8 Å². The zero-order chi connectivity index (χ0) is 10.7. The normalized spacial score (nSPS) is 10.8. The van der Waals surface area contributed by atoms with E-state index in [4.69, 9.17) is 5.11 Å². The lowest BCUT2D eigenvalue weighted by atomic mass is 10.5. The molecule has 3 nitrogen and oxygen atoms in total. The number of thiophene rings is 1. The van der Waals surface area contributed by atoms with Crippen molar-refractivity contribution in [3.05, 3.63) is 34.3 Å². The molecule has 0 radical (unpaired) electrons. The third-order valence-electron chi connectivity index (χ3n) is 2.13. The molecule has 2 aromatic heterocycles. The lowest BCUT2D eigenvalue weighted by molar-refractivity contribution is 0.271. The van der Waals surface area contributed by atoms with Gasteiger partial charge < -0.3 is 9.67 Å². The van der Waals surface area contributed by atoms with E-state index in [2.05, 4.69) is 22.5 Å². The molecule has 80 valence electrons. The minimum atomic E-state index is 0.0447. The van der Waals surface area contributed by atoms with E-state index in [0.717, 1.165) is 16.6 Å². The highest BCUT2D eigenvalue weighted by Crippen LogP contribution is 2.24. The van der Waals surface area contributed by atoms with Crippen molar-refractivity contribution in [1.29, 1.82) is 0 Å². The molecule has 1 N–H and O–H groups in total. The first-order valence-corrected chi connectivity index (χ1v) is 6.44. The van der Waals surface area contributed by atoms with Crippen LogP contribution in [0, 0.1) is 0 Å². The van der Waals surface area contributed by atoms with E-state index in [1.165, 1.54) is 4.88 Å². The summed E-state index contributed by atoms with van der Waals surface area (Å²) in [5, 5.41) is 12.0. The van der Waals surface area contributed by atoms with Crippen molar-refractivity contribution in [2.24, 2.45) is 7.05 Å². The van der Waals surface area contributed by atoms with Crippen LogP contribution in [-0.4, -0.2) is 14.7 Å². The molecule has 5 heteroatoms. The second-order valence-electron chi connectivity index (χ2n) is 3.12. The van der Waals surface area contributed by atoms with Crippen molar-refractivity contribution in [3.8, 4) is 0 Å². The average molecular weight is 240 g/mol. The lowest BCUT2D eigenvalue weighted by Crippen LogP contribution is -1.97. The summed E-state index contributed by atoms with van der Waals surface area (Å²) in [6, 6.07) is 4.17. The van der Waals surface area contributed by atoms with Crippen LogP contribution in [0.5, 0.6) is 0 Å². The fourth-order valence-electron chi connectivity index (χ4n) is 1.24. The molecule has 0 aliphatic carbocycles. The van der Waals surface area contributed by atoms with Gasteiger partial charge in [0.15, 0.2) is 5.16 Å². The van der Waals surface area contributed by atoms with Gasteiger partial charge in [0.2, 0.25) is 0 Å². The van der Waals surface area contributed by atoms with Crippen LogP contribution < -0.4 is 0 Å². The molecule has 0 saturated heterocycles. The fraction of sp³-hybridized carbons (Fsp3) is 0.300. The van der Waals surface area contributed by atoms with Crippen molar-refractivity contribution in [1.82, 2.24) is 9.55 Å². The van der Waals surface area contributed by atoms with Crippen LogP contribution in [0.4, 0.5) is 0 Å². The van der Waals surface area contributed by atoms with Gasteiger partial charge in [0.05, 0.1) is 18.5 Å². The van der Waals surface area contributed by atoms with Gasteiger partial charge in [-0.2, -0.15) is 0 Å². The van der Waals surface area contributed by atoms with Gasteiger partial charge in [0.1, 0.15) is 0 Å². The summed E-state index contributed by atoms with van der Waals surface area (Å²) in [4.78, 5) is 5.60. The molecular formula is C10H12N2OS2. The number of nitrogens with zero attached hydrogens (tertiary/aromatic N) is 2. The molecule has 2 rings (SSSR count). The Kier molecular flexibility index (Phi) is 3.45. The Morgan fingerprint density at radius 2 is 2.47 bits per heavy atom. The Balaban J connectivity index is 2.02. The number of aliphatic hydroxyl groups excluding tert-OH is 1. The van der Waals surface area contributed by atoms with Gasteiger partial charge in [0.25, 0.3) is 0 Å². The first-order valence-electron chi connectivity index (χ1n) is 4.58.